The molecule has 32 heavy (non-hydrogen) atoms. The van der Waals surface area contributed by atoms with Crippen LogP contribution in [0.4, 0.5) is 0 Å². The summed E-state index contributed by atoms with van der Waals surface area (Å²) < 4.78 is 11.8. The first-order chi connectivity index (χ1) is 15.4. The van der Waals surface area contributed by atoms with Gasteiger partial charge in [0.05, 0.1) is 7.11 Å². The number of hydrogen-bond donors (Lipinski definition) is 2. The van der Waals surface area contributed by atoms with Crippen LogP contribution in [0.3, 0.4) is 0 Å². The van der Waals surface area contributed by atoms with E-state index < -0.39 is 0 Å². The molecule has 0 bridgehead atoms. The van der Waals surface area contributed by atoms with Crippen LogP contribution in [0.2, 0.25) is 0 Å². The van der Waals surface area contributed by atoms with Crippen LogP contribution < -0.4 is 15.2 Å². The van der Waals surface area contributed by atoms with Crippen molar-refractivity contribution in [3.63, 3.8) is 0 Å². The Labute approximate surface area is 195 Å². The topological polar surface area (TPSA) is 61.6 Å². The lowest BCUT2D eigenvalue weighted by atomic mass is 9.90. The highest BCUT2D eigenvalue weighted by atomic mass is 32.1. The molecule has 0 saturated heterocycles. The zero-order chi connectivity index (χ0) is 22.8. The van der Waals surface area contributed by atoms with E-state index in [1.165, 1.54) is 33.4 Å². The number of thiol groups is 1. The number of carbonyl (C=O) groups is 1. The highest BCUT2D eigenvalue weighted by Gasteiger charge is 2.27. The van der Waals surface area contributed by atoms with Crippen molar-refractivity contribution in [3.05, 3.63) is 82.4 Å². The van der Waals surface area contributed by atoms with E-state index in [2.05, 4.69) is 56.8 Å². The summed E-state index contributed by atoms with van der Waals surface area (Å²) in [6.45, 7) is 4.28. The van der Waals surface area contributed by atoms with Crippen LogP contribution in [0.5, 0.6) is 11.5 Å². The van der Waals surface area contributed by atoms with Crippen LogP contribution >= 0.6 is 12.6 Å². The molecule has 3 aromatic rings. The van der Waals surface area contributed by atoms with Gasteiger partial charge in [0.15, 0.2) is 0 Å². The summed E-state index contributed by atoms with van der Waals surface area (Å²) in [5.74, 6) is 1.35. The third-order valence-corrected chi connectivity index (χ3v) is 6.65. The lowest BCUT2D eigenvalue weighted by Gasteiger charge is -2.18. The molecule has 2 N–H and O–H groups in total. The first kappa shape index (κ1) is 22.3. The number of amides is 1. The summed E-state index contributed by atoms with van der Waals surface area (Å²) in [5, 5.41) is -0.202. The monoisotopic (exact) mass is 447 g/mol. The van der Waals surface area contributed by atoms with E-state index in [-0.39, 0.29) is 23.7 Å². The molecular formula is C27H29NO3S. The summed E-state index contributed by atoms with van der Waals surface area (Å²) in [6, 6.07) is 18.5. The van der Waals surface area contributed by atoms with E-state index in [1.807, 2.05) is 24.3 Å². The molecule has 1 unspecified atom stereocenters. The van der Waals surface area contributed by atoms with Gasteiger partial charge in [-0.15, -0.1) is 0 Å². The zero-order valence-electron chi connectivity index (χ0n) is 18.7. The lowest BCUT2D eigenvalue weighted by molar-refractivity contribution is -0.118. The quantitative estimate of drug-likeness (QED) is 0.444. The predicted octanol–water partition coefficient (Wildman–Crippen LogP) is 5.89. The smallest absolute Gasteiger partial charge is 0.218 e. The third-order valence-electron chi connectivity index (χ3n) is 6.16. The standard InChI is InChI=1S/C27H29NO3S/c1-16-13-20(30-3)14-17(2)27(16)23-6-4-5-22-21(23)11-12-24(22)31-19-9-7-18(8-10-19)25(32)15-26(28)29/h4-10,13-14,24-25,32H,11-12,15H2,1-3H3,(H2,28,29)/t24-,25?/m1/s1. The highest BCUT2D eigenvalue weighted by molar-refractivity contribution is 7.80. The van der Waals surface area contributed by atoms with Gasteiger partial charge in [-0.25, -0.2) is 0 Å². The van der Waals surface area contributed by atoms with Gasteiger partial charge in [-0.1, -0.05) is 30.3 Å². The van der Waals surface area contributed by atoms with Crippen LogP contribution in [0.25, 0.3) is 11.1 Å². The van der Waals surface area contributed by atoms with E-state index in [9.17, 15) is 4.79 Å². The van der Waals surface area contributed by atoms with Gasteiger partial charge in [0, 0.05) is 11.7 Å². The summed E-state index contributed by atoms with van der Waals surface area (Å²) in [4.78, 5) is 11.1. The number of aryl methyl sites for hydroxylation is 2. The number of methoxy groups -OCH3 is 1. The Morgan fingerprint density at radius 2 is 1.78 bits per heavy atom. The average molecular weight is 448 g/mol. The van der Waals surface area contributed by atoms with Crippen LogP contribution in [-0.4, -0.2) is 13.0 Å². The maximum absolute atomic E-state index is 11.1. The zero-order valence-corrected chi connectivity index (χ0v) is 19.6. The van der Waals surface area contributed by atoms with E-state index in [1.54, 1.807) is 7.11 Å². The molecule has 2 atom stereocenters. The summed E-state index contributed by atoms with van der Waals surface area (Å²) in [5.41, 5.74) is 13.8. The Kier molecular flexibility index (Phi) is 6.47. The number of benzene rings is 3. The molecule has 0 spiro atoms. The van der Waals surface area contributed by atoms with Crippen molar-refractivity contribution in [2.75, 3.05) is 7.11 Å². The molecule has 0 radical (unpaired) electrons. The Balaban J connectivity index is 1.58. The van der Waals surface area contributed by atoms with Gasteiger partial charge in [-0.3, -0.25) is 4.79 Å². The number of rotatable bonds is 7. The van der Waals surface area contributed by atoms with Gasteiger partial charge in [0.25, 0.3) is 0 Å². The van der Waals surface area contributed by atoms with Gasteiger partial charge in [0.1, 0.15) is 17.6 Å². The second-order valence-electron chi connectivity index (χ2n) is 8.41. The molecule has 4 rings (SSSR count). The number of nitrogens with two attached hydrogens (primary N) is 1. The molecule has 4 nitrogen and oxygen atoms in total. The van der Waals surface area contributed by atoms with Gasteiger partial charge < -0.3 is 15.2 Å². The summed E-state index contributed by atoms with van der Waals surface area (Å²) in [7, 11) is 1.71. The molecule has 3 aromatic carbocycles. The van der Waals surface area contributed by atoms with Gasteiger partial charge in [0.2, 0.25) is 5.91 Å². The molecular weight excluding hydrogens is 418 g/mol. The summed E-state index contributed by atoms with van der Waals surface area (Å²) >= 11 is 4.47. The van der Waals surface area contributed by atoms with E-state index in [0.29, 0.717) is 0 Å². The predicted molar refractivity (Wildman–Crippen MR) is 132 cm³/mol. The maximum atomic E-state index is 11.1. The fourth-order valence-corrected chi connectivity index (χ4v) is 5.03. The van der Waals surface area contributed by atoms with E-state index in [4.69, 9.17) is 15.2 Å². The molecule has 0 fully saturated rings. The number of fused-ring (bicyclic) bond motifs is 1. The van der Waals surface area contributed by atoms with Crippen molar-refractivity contribution >= 4 is 18.5 Å². The SMILES string of the molecule is COc1cc(C)c(-c2cccc3c2CC[C@H]3Oc2ccc(C(S)CC(N)=O)cc2)c(C)c1. The van der Waals surface area contributed by atoms with Crippen molar-refractivity contribution in [2.24, 2.45) is 5.73 Å². The van der Waals surface area contributed by atoms with Crippen LogP contribution in [0, 0.1) is 13.8 Å². The van der Waals surface area contributed by atoms with E-state index in [0.717, 1.165) is 29.9 Å². The minimum Gasteiger partial charge on any atom is -0.497 e. The van der Waals surface area contributed by atoms with Crippen molar-refractivity contribution in [2.45, 2.75) is 44.5 Å². The molecule has 0 saturated carbocycles. The molecule has 5 heteroatoms. The first-order valence-corrected chi connectivity index (χ1v) is 11.4. The molecule has 1 amide bonds. The van der Waals surface area contributed by atoms with Crippen LogP contribution in [0.1, 0.15) is 52.0 Å². The molecule has 0 aromatic heterocycles. The largest absolute Gasteiger partial charge is 0.497 e. The third kappa shape index (κ3) is 4.49. The fourth-order valence-electron chi connectivity index (χ4n) is 4.68. The molecule has 1 aliphatic carbocycles. The normalized spacial score (nSPS) is 15.8. The van der Waals surface area contributed by atoms with Crippen molar-refractivity contribution in [1.29, 1.82) is 0 Å². The molecule has 0 aliphatic heterocycles. The van der Waals surface area contributed by atoms with Gasteiger partial charge in [-0.05, 0) is 89.9 Å². The molecule has 0 heterocycles. The number of carbonyl (C=O) groups excluding carboxylic acids is 1. The lowest BCUT2D eigenvalue weighted by Crippen LogP contribution is -2.12. The van der Waals surface area contributed by atoms with Gasteiger partial charge >= 0.3 is 0 Å². The van der Waals surface area contributed by atoms with Crippen LogP contribution in [0.15, 0.2) is 54.6 Å². The minimum absolute atomic E-state index is 0.0204. The Hall–Kier alpha value is -2.92. The van der Waals surface area contributed by atoms with Crippen molar-refractivity contribution < 1.29 is 14.3 Å². The average Bonchev–Trinajstić information content (AvgIpc) is 3.16. The van der Waals surface area contributed by atoms with Crippen molar-refractivity contribution in [3.8, 4) is 22.6 Å². The molecule has 166 valence electrons. The Bertz CT molecular complexity index is 1120. The second kappa shape index (κ2) is 9.29. The van der Waals surface area contributed by atoms with E-state index >= 15 is 0 Å². The van der Waals surface area contributed by atoms with Crippen LogP contribution in [-0.2, 0) is 11.2 Å². The summed E-state index contributed by atoms with van der Waals surface area (Å²) in [6.07, 6.45) is 2.16. The fraction of sp³-hybridized carbons (Fsp3) is 0.296. The number of hydrogen-bond acceptors (Lipinski definition) is 4. The Morgan fingerprint density at radius 1 is 1.09 bits per heavy atom. The second-order valence-corrected chi connectivity index (χ2v) is 9.03. The number of ether oxygens (including phenoxy) is 2. The maximum Gasteiger partial charge on any atom is 0.218 e. The highest BCUT2D eigenvalue weighted by Crippen LogP contribution is 2.42. The first-order valence-electron chi connectivity index (χ1n) is 10.9. The minimum atomic E-state index is -0.356. The number of primary amides is 1. The van der Waals surface area contributed by atoms with Crippen molar-refractivity contribution in [1.82, 2.24) is 0 Å². The van der Waals surface area contributed by atoms with Gasteiger partial charge in [-0.2, -0.15) is 12.6 Å². The molecule has 1 aliphatic rings. The Morgan fingerprint density at radius 3 is 2.41 bits per heavy atom.